The third-order valence-corrected chi connectivity index (χ3v) is 4.11. The maximum Gasteiger partial charge on any atom is 0.272 e. The number of aromatic amines is 1. The molecule has 0 aliphatic carbocycles. The standard InChI is InChI=1S/C14H24N4OS/c1-9(2)7-10(17(3)4)8-18-11-5-6-15-12(11)13(19)16-14(18)20/h5-6,9-10,14-15,20H,7-8H2,1-4H3,(H,16,19)/t10?,14-/m0/s1. The molecule has 1 aromatic rings. The second-order valence-corrected chi connectivity index (χ2v) is 6.47. The van der Waals surface area contributed by atoms with Crippen LogP contribution in [0, 0.1) is 5.92 Å². The van der Waals surface area contributed by atoms with Crippen molar-refractivity contribution in [2.24, 2.45) is 5.92 Å². The summed E-state index contributed by atoms with van der Waals surface area (Å²) in [5.74, 6) is 0.539. The zero-order valence-electron chi connectivity index (χ0n) is 12.6. The van der Waals surface area contributed by atoms with E-state index in [4.69, 9.17) is 0 Å². The number of rotatable bonds is 5. The van der Waals surface area contributed by atoms with Crippen molar-refractivity contribution in [3.63, 3.8) is 0 Å². The summed E-state index contributed by atoms with van der Waals surface area (Å²) in [6.45, 7) is 5.30. The monoisotopic (exact) mass is 296 g/mol. The second-order valence-electron chi connectivity index (χ2n) is 5.98. The van der Waals surface area contributed by atoms with Crippen LogP contribution in [0.2, 0.25) is 0 Å². The van der Waals surface area contributed by atoms with E-state index in [1.165, 1.54) is 0 Å². The molecule has 0 aromatic carbocycles. The van der Waals surface area contributed by atoms with E-state index in [2.05, 4.69) is 60.7 Å². The van der Waals surface area contributed by atoms with Crippen LogP contribution in [0.15, 0.2) is 12.3 Å². The van der Waals surface area contributed by atoms with Gasteiger partial charge in [0.1, 0.15) is 11.2 Å². The summed E-state index contributed by atoms with van der Waals surface area (Å²) in [5, 5.41) is 2.87. The number of likely N-dealkylation sites (N-methyl/N-ethyl adjacent to an activating group) is 1. The van der Waals surface area contributed by atoms with Crippen molar-refractivity contribution >= 4 is 24.2 Å². The Bertz CT molecular complexity index is 471. The van der Waals surface area contributed by atoms with Crippen molar-refractivity contribution in [3.05, 3.63) is 18.0 Å². The number of nitrogens with zero attached hydrogens (tertiary/aromatic N) is 2. The molecule has 1 aliphatic heterocycles. The summed E-state index contributed by atoms with van der Waals surface area (Å²) >= 11 is 4.51. The van der Waals surface area contributed by atoms with Gasteiger partial charge in [0.05, 0.1) is 5.69 Å². The van der Waals surface area contributed by atoms with E-state index < -0.39 is 0 Å². The third kappa shape index (κ3) is 3.12. The molecule has 1 aliphatic rings. The van der Waals surface area contributed by atoms with Crippen molar-refractivity contribution in [1.29, 1.82) is 0 Å². The van der Waals surface area contributed by atoms with E-state index >= 15 is 0 Å². The Morgan fingerprint density at radius 1 is 1.45 bits per heavy atom. The lowest BCUT2D eigenvalue weighted by molar-refractivity contribution is 0.0936. The minimum Gasteiger partial charge on any atom is -0.355 e. The fraction of sp³-hybridized carbons (Fsp3) is 0.643. The summed E-state index contributed by atoms with van der Waals surface area (Å²) in [7, 11) is 4.20. The van der Waals surface area contributed by atoms with Gasteiger partial charge < -0.3 is 20.1 Å². The van der Waals surface area contributed by atoms with Crippen LogP contribution in [-0.2, 0) is 0 Å². The number of hydrogen-bond donors (Lipinski definition) is 3. The third-order valence-electron chi connectivity index (χ3n) is 3.70. The minimum absolute atomic E-state index is 0.0912. The number of thiol groups is 1. The van der Waals surface area contributed by atoms with Gasteiger partial charge in [-0.15, -0.1) is 12.6 Å². The predicted molar refractivity (Wildman–Crippen MR) is 85.3 cm³/mol. The highest BCUT2D eigenvalue weighted by Gasteiger charge is 2.31. The number of amides is 1. The topological polar surface area (TPSA) is 51.4 Å². The zero-order valence-corrected chi connectivity index (χ0v) is 13.4. The van der Waals surface area contributed by atoms with Gasteiger partial charge in [-0.3, -0.25) is 4.79 Å². The van der Waals surface area contributed by atoms with E-state index in [-0.39, 0.29) is 11.4 Å². The first kappa shape index (κ1) is 15.3. The van der Waals surface area contributed by atoms with Crippen LogP contribution in [-0.4, -0.2) is 48.0 Å². The lowest BCUT2D eigenvalue weighted by Crippen LogP contribution is -2.53. The molecule has 5 nitrogen and oxygen atoms in total. The summed E-state index contributed by atoms with van der Waals surface area (Å²) in [4.78, 5) is 19.3. The van der Waals surface area contributed by atoms with E-state index in [9.17, 15) is 4.79 Å². The van der Waals surface area contributed by atoms with Crippen LogP contribution in [0.1, 0.15) is 30.8 Å². The molecular weight excluding hydrogens is 272 g/mol. The zero-order chi connectivity index (χ0) is 14.9. The van der Waals surface area contributed by atoms with E-state index in [0.29, 0.717) is 17.7 Å². The van der Waals surface area contributed by atoms with Gasteiger partial charge in [0.25, 0.3) is 5.91 Å². The second kappa shape index (κ2) is 6.10. The van der Waals surface area contributed by atoms with Crippen molar-refractivity contribution in [1.82, 2.24) is 15.2 Å². The van der Waals surface area contributed by atoms with Gasteiger partial charge in [-0.2, -0.15) is 0 Å². The van der Waals surface area contributed by atoms with Crippen LogP contribution in [0.4, 0.5) is 5.69 Å². The van der Waals surface area contributed by atoms with E-state index in [0.717, 1.165) is 18.7 Å². The van der Waals surface area contributed by atoms with Gasteiger partial charge >= 0.3 is 0 Å². The molecule has 112 valence electrons. The van der Waals surface area contributed by atoms with E-state index in [1.54, 1.807) is 6.20 Å². The highest BCUT2D eigenvalue weighted by Crippen LogP contribution is 2.27. The maximum atomic E-state index is 11.9. The van der Waals surface area contributed by atoms with Crippen LogP contribution in [0.25, 0.3) is 0 Å². The molecule has 0 saturated heterocycles. The van der Waals surface area contributed by atoms with Crippen LogP contribution < -0.4 is 10.2 Å². The number of carbonyl (C=O) groups excluding carboxylic acids is 1. The molecule has 0 bridgehead atoms. The molecule has 1 aromatic heterocycles. The Labute approximate surface area is 126 Å². The molecule has 2 atom stereocenters. The van der Waals surface area contributed by atoms with Crippen LogP contribution in [0.3, 0.4) is 0 Å². The molecule has 1 amide bonds. The Kier molecular flexibility index (Phi) is 4.65. The fourth-order valence-electron chi connectivity index (χ4n) is 2.60. The average Bonchev–Trinajstić information content (AvgIpc) is 2.81. The van der Waals surface area contributed by atoms with Gasteiger partial charge in [-0.25, -0.2) is 0 Å². The predicted octanol–water partition coefficient (Wildman–Crippen LogP) is 1.75. The molecule has 0 saturated carbocycles. The number of carbonyl (C=O) groups is 1. The Balaban J connectivity index is 2.19. The maximum absolute atomic E-state index is 11.9. The summed E-state index contributed by atoms with van der Waals surface area (Å²) < 4.78 is 0. The summed E-state index contributed by atoms with van der Waals surface area (Å²) in [6, 6.07) is 2.36. The largest absolute Gasteiger partial charge is 0.355 e. The molecule has 2 heterocycles. The lowest BCUT2D eigenvalue weighted by atomic mass is 10.0. The Hall–Kier alpha value is -1.14. The normalized spacial score (nSPS) is 20.2. The summed E-state index contributed by atoms with van der Waals surface area (Å²) in [6.07, 6.45) is 2.91. The van der Waals surface area contributed by atoms with Gasteiger partial charge in [-0.05, 0) is 32.5 Å². The SMILES string of the molecule is CC(C)CC(CN1c2cc[nH]c2C(=O)N[C@@H]1S)N(C)C. The number of fused-ring (bicyclic) bond motifs is 1. The quantitative estimate of drug-likeness (QED) is 0.726. The highest BCUT2D eigenvalue weighted by atomic mass is 32.1. The minimum atomic E-state index is -0.277. The van der Waals surface area contributed by atoms with Gasteiger partial charge in [0.15, 0.2) is 0 Å². The van der Waals surface area contributed by atoms with E-state index in [1.807, 2.05) is 6.07 Å². The molecule has 2 rings (SSSR count). The molecule has 20 heavy (non-hydrogen) atoms. The fourth-order valence-corrected chi connectivity index (χ4v) is 2.94. The van der Waals surface area contributed by atoms with Gasteiger partial charge in [-0.1, -0.05) is 13.8 Å². The van der Waals surface area contributed by atoms with Gasteiger partial charge in [0.2, 0.25) is 0 Å². The average molecular weight is 296 g/mol. The smallest absolute Gasteiger partial charge is 0.272 e. The molecule has 6 heteroatoms. The van der Waals surface area contributed by atoms with Crippen molar-refractivity contribution < 1.29 is 4.79 Å². The molecule has 0 radical (unpaired) electrons. The van der Waals surface area contributed by atoms with Crippen LogP contribution in [0.5, 0.6) is 0 Å². The molecule has 2 N–H and O–H groups in total. The van der Waals surface area contributed by atoms with Crippen LogP contribution >= 0.6 is 12.6 Å². The first-order valence-electron chi connectivity index (χ1n) is 6.99. The van der Waals surface area contributed by atoms with Crippen molar-refractivity contribution in [3.8, 4) is 0 Å². The Morgan fingerprint density at radius 3 is 2.75 bits per heavy atom. The first-order valence-corrected chi connectivity index (χ1v) is 7.51. The number of aromatic nitrogens is 1. The van der Waals surface area contributed by atoms with Crippen molar-refractivity contribution in [2.75, 3.05) is 25.5 Å². The molecule has 0 spiro atoms. The number of H-pyrrole nitrogens is 1. The number of hydrogen-bond acceptors (Lipinski definition) is 4. The molecule has 0 fully saturated rings. The Morgan fingerprint density at radius 2 is 2.15 bits per heavy atom. The highest BCUT2D eigenvalue weighted by molar-refractivity contribution is 7.81. The number of nitrogens with one attached hydrogen (secondary N) is 2. The van der Waals surface area contributed by atoms with Crippen molar-refractivity contribution in [2.45, 2.75) is 31.8 Å². The van der Waals surface area contributed by atoms with Gasteiger partial charge in [0, 0.05) is 18.8 Å². The number of anilines is 1. The first-order chi connectivity index (χ1) is 9.40. The lowest BCUT2D eigenvalue weighted by Gasteiger charge is -2.39. The summed E-state index contributed by atoms with van der Waals surface area (Å²) in [5.41, 5.74) is 1.28. The molecule has 1 unspecified atom stereocenters. The molecular formula is C14H24N4OS.